The molecule has 0 radical (unpaired) electrons. The Morgan fingerprint density at radius 1 is 1.25 bits per heavy atom. The number of nitrogens with one attached hydrogen (secondary N) is 1. The third-order valence-corrected chi connectivity index (χ3v) is 4.37. The van der Waals surface area contributed by atoms with E-state index in [1.807, 2.05) is 0 Å². The van der Waals surface area contributed by atoms with Crippen molar-refractivity contribution in [1.82, 2.24) is 5.32 Å². The number of ether oxygens (including phenoxy) is 1. The Kier molecular flexibility index (Phi) is 5.47. The molecule has 1 aromatic carbocycles. The first kappa shape index (κ1) is 15.4. The van der Waals surface area contributed by atoms with Gasteiger partial charge in [-0.1, -0.05) is 45.4 Å². The van der Waals surface area contributed by atoms with E-state index < -0.39 is 0 Å². The van der Waals surface area contributed by atoms with Crippen LogP contribution in [0.15, 0.2) is 24.3 Å². The van der Waals surface area contributed by atoms with Crippen LogP contribution < -0.4 is 10.1 Å². The molecule has 0 aliphatic carbocycles. The molecule has 1 aromatic rings. The van der Waals surface area contributed by atoms with Crippen LogP contribution in [-0.2, 0) is 0 Å². The lowest BCUT2D eigenvalue weighted by Crippen LogP contribution is -2.34. The smallest absolute Gasteiger partial charge is 0.122 e. The summed E-state index contributed by atoms with van der Waals surface area (Å²) in [5.41, 5.74) is 1.78. The molecule has 2 atom stereocenters. The highest BCUT2D eigenvalue weighted by Crippen LogP contribution is 2.42. The first-order valence-corrected chi connectivity index (χ1v) is 8.11. The van der Waals surface area contributed by atoms with Crippen LogP contribution >= 0.6 is 0 Å². The van der Waals surface area contributed by atoms with Gasteiger partial charge in [0.25, 0.3) is 0 Å². The largest absolute Gasteiger partial charge is 0.493 e. The zero-order valence-corrected chi connectivity index (χ0v) is 13.2. The van der Waals surface area contributed by atoms with Gasteiger partial charge in [-0.05, 0) is 37.3 Å². The van der Waals surface area contributed by atoms with Gasteiger partial charge in [0.05, 0.1) is 6.61 Å². The lowest BCUT2D eigenvalue weighted by atomic mass is 9.76. The molecule has 2 heteroatoms. The number of hydrogen-bond donors (Lipinski definition) is 1. The van der Waals surface area contributed by atoms with Gasteiger partial charge >= 0.3 is 0 Å². The van der Waals surface area contributed by atoms with Gasteiger partial charge in [-0.3, -0.25) is 0 Å². The van der Waals surface area contributed by atoms with Gasteiger partial charge < -0.3 is 10.1 Å². The van der Waals surface area contributed by atoms with Gasteiger partial charge in [-0.25, -0.2) is 0 Å². The monoisotopic (exact) mass is 275 g/mol. The zero-order chi connectivity index (χ0) is 14.4. The Morgan fingerprint density at radius 3 is 2.80 bits per heavy atom. The maximum absolute atomic E-state index is 5.84. The van der Waals surface area contributed by atoms with Gasteiger partial charge in [0, 0.05) is 18.0 Å². The van der Waals surface area contributed by atoms with E-state index in [1.54, 1.807) is 0 Å². The quantitative estimate of drug-likeness (QED) is 0.712. The Morgan fingerprint density at radius 2 is 2.05 bits per heavy atom. The summed E-state index contributed by atoms with van der Waals surface area (Å²) in [6.45, 7) is 10.0. The highest BCUT2D eigenvalue weighted by atomic mass is 16.5. The molecule has 1 aliphatic heterocycles. The molecule has 0 bridgehead atoms. The van der Waals surface area contributed by atoms with Crippen LogP contribution in [0.5, 0.6) is 5.75 Å². The fourth-order valence-electron chi connectivity index (χ4n) is 3.43. The van der Waals surface area contributed by atoms with Crippen LogP contribution in [0, 0.1) is 5.41 Å². The van der Waals surface area contributed by atoms with Gasteiger partial charge in [0.2, 0.25) is 0 Å². The molecule has 0 spiro atoms. The van der Waals surface area contributed by atoms with Crippen molar-refractivity contribution in [2.45, 2.75) is 52.4 Å². The minimum atomic E-state index is 0.370. The number of rotatable bonds is 8. The summed E-state index contributed by atoms with van der Waals surface area (Å²) in [5, 5.41) is 3.62. The summed E-state index contributed by atoms with van der Waals surface area (Å²) >= 11 is 0. The second-order valence-corrected chi connectivity index (χ2v) is 6.49. The average molecular weight is 275 g/mol. The summed E-state index contributed by atoms with van der Waals surface area (Å²) < 4.78 is 5.84. The number of para-hydroxylation sites is 1. The van der Waals surface area contributed by atoms with Crippen molar-refractivity contribution in [1.29, 1.82) is 0 Å². The molecule has 1 heterocycles. The summed E-state index contributed by atoms with van der Waals surface area (Å²) in [6, 6.07) is 8.53. The zero-order valence-electron chi connectivity index (χ0n) is 13.2. The van der Waals surface area contributed by atoms with E-state index in [9.17, 15) is 0 Å². The van der Waals surface area contributed by atoms with Crippen molar-refractivity contribution >= 4 is 0 Å². The molecule has 1 N–H and O–H groups in total. The number of fused-ring (bicyclic) bond motifs is 1. The van der Waals surface area contributed by atoms with Crippen LogP contribution in [0.25, 0.3) is 0 Å². The highest BCUT2D eigenvalue weighted by molar-refractivity contribution is 5.39. The normalized spacial score (nSPS) is 20.2. The molecule has 2 rings (SSSR count). The molecule has 0 aromatic heterocycles. The predicted octanol–water partition coefficient (Wildman–Crippen LogP) is 4.36. The van der Waals surface area contributed by atoms with Gasteiger partial charge in [-0.15, -0.1) is 0 Å². The molecule has 0 saturated heterocycles. The Hall–Kier alpha value is -1.02. The third kappa shape index (κ3) is 3.76. The summed E-state index contributed by atoms with van der Waals surface area (Å²) in [6.07, 6.45) is 4.95. The SMILES string of the molecule is CCCNCC(C)(CCC)CC1COc2ccccc21. The summed E-state index contributed by atoms with van der Waals surface area (Å²) in [4.78, 5) is 0. The lowest BCUT2D eigenvalue weighted by Gasteiger charge is -2.32. The fourth-order valence-corrected chi connectivity index (χ4v) is 3.43. The second-order valence-electron chi connectivity index (χ2n) is 6.49. The van der Waals surface area contributed by atoms with Crippen molar-refractivity contribution in [3.8, 4) is 5.75 Å². The molecule has 112 valence electrons. The van der Waals surface area contributed by atoms with Crippen LogP contribution in [0.3, 0.4) is 0 Å². The van der Waals surface area contributed by atoms with E-state index in [1.165, 1.54) is 31.2 Å². The van der Waals surface area contributed by atoms with Crippen LogP contribution in [0.1, 0.15) is 57.9 Å². The molecule has 0 fully saturated rings. The maximum atomic E-state index is 5.84. The van der Waals surface area contributed by atoms with E-state index in [-0.39, 0.29) is 0 Å². The summed E-state index contributed by atoms with van der Waals surface area (Å²) in [7, 11) is 0. The van der Waals surface area contributed by atoms with E-state index in [2.05, 4.69) is 50.4 Å². The standard InChI is InChI=1S/C18H29NO/c1-4-10-18(3,14-19-11-5-2)12-15-13-20-17-9-7-6-8-16(15)17/h6-9,15,19H,4-5,10-14H2,1-3H3. The van der Waals surface area contributed by atoms with Gasteiger partial charge in [-0.2, -0.15) is 0 Å². The van der Waals surface area contributed by atoms with Crippen LogP contribution in [0.4, 0.5) is 0 Å². The molecular formula is C18H29NO. The van der Waals surface area contributed by atoms with Gasteiger partial charge in [0.15, 0.2) is 0 Å². The molecule has 20 heavy (non-hydrogen) atoms. The Bertz CT molecular complexity index is 418. The van der Waals surface area contributed by atoms with Crippen molar-refractivity contribution < 1.29 is 4.74 Å². The number of hydrogen-bond acceptors (Lipinski definition) is 2. The van der Waals surface area contributed by atoms with E-state index in [0.717, 1.165) is 25.4 Å². The van der Waals surface area contributed by atoms with Crippen molar-refractivity contribution in [3.63, 3.8) is 0 Å². The Labute approximate surface area is 123 Å². The molecule has 2 unspecified atom stereocenters. The second kappa shape index (κ2) is 7.12. The predicted molar refractivity (Wildman–Crippen MR) is 85.5 cm³/mol. The molecule has 0 amide bonds. The Balaban J connectivity index is 2.01. The minimum Gasteiger partial charge on any atom is -0.493 e. The molecule has 0 saturated carbocycles. The van der Waals surface area contributed by atoms with E-state index in [4.69, 9.17) is 4.74 Å². The number of benzene rings is 1. The third-order valence-electron chi connectivity index (χ3n) is 4.37. The molecule has 2 nitrogen and oxygen atoms in total. The van der Waals surface area contributed by atoms with E-state index >= 15 is 0 Å². The maximum Gasteiger partial charge on any atom is 0.122 e. The van der Waals surface area contributed by atoms with Crippen molar-refractivity contribution in [2.75, 3.05) is 19.7 Å². The van der Waals surface area contributed by atoms with Gasteiger partial charge in [0.1, 0.15) is 5.75 Å². The average Bonchev–Trinajstić information content (AvgIpc) is 2.83. The fraction of sp³-hybridized carbons (Fsp3) is 0.667. The topological polar surface area (TPSA) is 21.3 Å². The molecular weight excluding hydrogens is 246 g/mol. The molecule has 1 aliphatic rings. The van der Waals surface area contributed by atoms with Crippen LogP contribution in [-0.4, -0.2) is 19.7 Å². The highest BCUT2D eigenvalue weighted by Gasteiger charge is 2.32. The van der Waals surface area contributed by atoms with E-state index in [0.29, 0.717) is 11.3 Å². The van der Waals surface area contributed by atoms with Crippen molar-refractivity contribution in [2.24, 2.45) is 5.41 Å². The lowest BCUT2D eigenvalue weighted by molar-refractivity contribution is 0.216. The van der Waals surface area contributed by atoms with Crippen LogP contribution in [0.2, 0.25) is 0 Å². The minimum absolute atomic E-state index is 0.370. The van der Waals surface area contributed by atoms with Crippen molar-refractivity contribution in [3.05, 3.63) is 29.8 Å². The first-order chi connectivity index (χ1) is 9.68. The first-order valence-electron chi connectivity index (χ1n) is 8.11. The summed E-state index contributed by atoms with van der Waals surface area (Å²) in [5.74, 6) is 1.66.